The van der Waals surface area contributed by atoms with E-state index < -0.39 is 14.9 Å². The van der Waals surface area contributed by atoms with Crippen LogP contribution >= 0.6 is 0 Å². The van der Waals surface area contributed by atoms with Gasteiger partial charge < -0.3 is 9.84 Å². The highest BCUT2D eigenvalue weighted by molar-refractivity contribution is 7.92. The molecule has 0 spiro atoms. The highest BCUT2D eigenvalue weighted by Gasteiger charge is 2.20. The van der Waals surface area contributed by atoms with Gasteiger partial charge in [-0.3, -0.25) is 19.6 Å². The predicted octanol–water partition coefficient (Wildman–Crippen LogP) is 4.70. The van der Waals surface area contributed by atoms with Gasteiger partial charge in [0.1, 0.15) is 0 Å². The van der Waals surface area contributed by atoms with Gasteiger partial charge in [-0.2, -0.15) is 0 Å². The van der Waals surface area contributed by atoms with Crippen molar-refractivity contribution in [1.82, 2.24) is 0 Å². The summed E-state index contributed by atoms with van der Waals surface area (Å²) in [6.07, 6.45) is 2.93. The van der Waals surface area contributed by atoms with Gasteiger partial charge >= 0.3 is 0 Å². The topological polar surface area (TPSA) is 136 Å². The maximum Gasteiger partial charge on any atom is 0.270 e. The molecule has 3 aromatic carbocycles. The number of aryl methyl sites for hydroxylation is 1. The van der Waals surface area contributed by atoms with E-state index in [4.69, 9.17) is 4.74 Å². The Morgan fingerprint density at radius 1 is 1.12 bits per heavy atom. The van der Waals surface area contributed by atoms with Gasteiger partial charge in [-0.05, 0) is 67.4 Å². The number of phenols is 1. The van der Waals surface area contributed by atoms with Gasteiger partial charge in [-0.1, -0.05) is 18.2 Å². The van der Waals surface area contributed by atoms with E-state index in [2.05, 4.69) is 4.72 Å². The number of benzene rings is 3. The highest BCUT2D eigenvalue weighted by atomic mass is 32.2. The first kappa shape index (κ1) is 24.5. The first-order valence-electron chi connectivity index (χ1n) is 10.2. The quantitative estimate of drug-likeness (QED) is 0.195. The summed E-state index contributed by atoms with van der Waals surface area (Å²) in [4.78, 5) is 22.6. The number of anilines is 1. The molecule has 0 unspecified atom stereocenters. The predicted molar refractivity (Wildman–Crippen MR) is 128 cm³/mol. The minimum absolute atomic E-state index is 0.00340. The van der Waals surface area contributed by atoms with Crippen molar-refractivity contribution in [3.63, 3.8) is 0 Å². The number of allylic oxidation sites excluding steroid dienone is 1. The molecular weight excluding hydrogens is 460 g/mol. The molecule has 9 nitrogen and oxygen atoms in total. The summed E-state index contributed by atoms with van der Waals surface area (Å²) in [5.74, 6) is 0.00589. The number of carbonyl (C=O) groups is 1. The van der Waals surface area contributed by atoms with Crippen molar-refractivity contribution in [3.05, 3.63) is 93.5 Å². The van der Waals surface area contributed by atoms with Gasteiger partial charge in [0.15, 0.2) is 17.3 Å². The smallest absolute Gasteiger partial charge is 0.270 e. The van der Waals surface area contributed by atoms with Gasteiger partial charge in [-0.25, -0.2) is 8.42 Å². The molecular formula is C24H22N2O7S. The summed E-state index contributed by atoms with van der Waals surface area (Å²) in [6.45, 7) is 3.72. The molecule has 0 aliphatic rings. The van der Waals surface area contributed by atoms with Crippen LogP contribution in [-0.2, 0) is 10.0 Å². The lowest BCUT2D eigenvalue weighted by atomic mass is 10.1. The summed E-state index contributed by atoms with van der Waals surface area (Å²) >= 11 is 0. The summed E-state index contributed by atoms with van der Waals surface area (Å²) < 4.78 is 33.2. The molecule has 0 heterocycles. The number of hydrogen-bond acceptors (Lipinski definition) is 7. The van der Waals surface area contributed by atoms with E-state index in [1.165, 1.54) is 55.5 Å². The van der Waals surface area contributed by atoms with Crippen molar-refractivity contribution >= 4 is 33.3 Å². The van der Waals surface area contributed by atoms with Crippen LogP contribution in [0.1, 0.15) is 28.4 Å². The minimum atomic E-state index is -4.08. The molecule has 0 bridgehead atoms. The average Bonchev–Trinajstić information content (AvgIpc) is 2.79. The van der Waals surface area contributed by atoms with Crippen LogP contribution in [0.2, 0.25) is 0 Å². The molecule has 176 valence electrons. The largest absolute Gasteiger partial charge is 0.504 e. The van der Waals surface area contributed by atoms with Crippen molar-refractivity contribution in [1.29, 1.82) is 0 Å². The summed E-state index contributed by atoms with van der Waals surface area (Å²) in [5.41, 5.74) is 1.21. The number of rotatable bonds is 9. The lowest BCUT2D eigenvalue weighted by Gasteiger charge is -2.10. The average molecular weight is 483 g/mol. The van der Waals surface area contributed by atoms with Crippen molar-refractivity contribution in [2.75, 3.05) is 11.3 Å². The van der Waals surface area contributed by atoms with Crippen molar-refractivity contribution in [3.8, 4) is 11.5 Å². The standard InChI is InChI=1S/C24H22N2O7S/c1-3-33-23-14-17(6-13-22(23)28)5-12-21(27)18-7-9-19(10-8-18)25-34(31,32)24-15-20(26(29)30)11-4-16(24)2/h4-15,25,28H,3H2,1-2H3/b12-5+. The molecule has 0 saturated heterocycles. The van der Waals surface area contributed by atoms with Crippen LogP contribution in [0.5, 0.6) is 11.5 Å². The van der Waals surface area contributed by atoms with Crippen LogP contribution in [0, 0.1) is 17.0 Å². The van der Waals surface area contributed by atoms with Gasteiger partial charge in [0.25, 0.3) is 15.7 Å². The number of nitrogens with zero attached hydrogens (tertiary/aromatic N) is 1. The van der Waals surface area contributed by atoms with Crippen LogP contribution < -0.4 is 9.46 Å². The fraction of sp³-hybridized carbons (Fsp3) is 0.125. The molecule has 0 amide bonds. The second-order valence-electron chi connectivity index (χ2n) is 7.25. The monoisotopic (exact) mass is 482 g/mol. The second kappa shape index (κ2) is 10.2. The highest BCUT2D eigenvalue weighted by Crippen LogP contribution is 2.27. The minimum Gasteiger partial charge on any atom is -0.504 e. The maximum atomic E-state index is 12.7. The van der Waals surface area contributed by atoms with E-state index in [9.17, 15) is 28.4 Å². The molecule has 0 aliphatic carbocycles. The fourth-order valence-electron chi connectivity index (χ4n) is 3.08. The molecule has 3 aromatic rings. The number of ketones is 1. The van der Waals surface area contributed by atoms with Gasteiger partial charge in [0.2, 0.25) is 0 Å². The number of nitrogens with one attached hydrogen (secondary N) is 1. The second-order valence-corrected chi connectivity index (χ2v) is 8.90. The molecule has 0 saturated carbocycles. The molecule has 3 rings (SSSR count). The van der Waals surface area contributed by atoms with Crippen LogP contribution in [0.25, 0.3) is 6.08 Å². The maximum absolute atomic E-state index is 12.7. The zero-order valence-electron chi connectivity index (χ0n) is 18.4. The van der Waals surface area contributed by atoms with E-state index >= 15 is 0 Å². The zero-order chi connectivity index (χ0) is 24.9. The lowest BCUT2D eigenvalue weighted by Crippen LogP contribution is -2.14. The van der Waals surface area contributed by atoms with Gasteiger partial charge in [-0.15, -0.1) is 0 Å². The van der Waals surface area contributed by atoms with Crippen LogP contribution in [0.3, 0.4) is 0 Å². The van der Waals surface area contributed by atoms with E-state index in [1.807, 2.05) is 0 Å². The third kappa shape index (κ3) is 5.78. The number of hydrogen-bond donors (Lipinski definition) is 2. The Bertz CT molecular complexity index is 1360. The van der Waals surface area contributed by atoms with E-state index in [0.717, 1.165) is 6.07 Å². The number of non-ortho nitro benzene ring substituents is 1. The Morgan fingerprint density at radius 3 is 2.47 bits per heavy atom. The van der Waals surface area contributed by atoms with E-state index in [1.54, 1.807) is 25.1 Å². The summed E-state index contributed by atoms with van der Waals surface area (Å²) in [6, 6.07) is 14.1. The third-order valence-electron chi connectivity index (χ3n) is 4.80. The number of ether oxygens (including phenoxy) is 1. The van der Waals surface area contributed by atoms with Gasteiger partial charge in [0, 0.05) is 23.4 Å². The zero-order valence-corrected chi connectivity index (χ0v) is 19.2. The van der Waals surface area contributed by atoms with E-state index in [0.29, 0.717) is 29.0 Å². The Balaban J connectivity index is 1.74. The van der Waals surface area contributed by atoms with Gasteiger partial charge in [0.05, 0.1) is 16.4 Å². The molecule has 0 aliphatic heterocycles. The number of carbonyl (C=O) groups excluding carboxylic acids is 1. The van der Waals surface area contributed by atoms with Crippen LogP contribution in [0.15, 0.2) is 71.6 Å². The fourth-order valence-corrected chi connectivity index (χ4v) is 4.40. The first-order chi connectivity index (χ1) is 16.1. The Kier molecular flexibility index (Phi) is 7.32. The number of aromatic hydroxyl groups is 1. The Labute approximate surface area is 196 Å². The van der Waals surface area contributed by atoms with Crippen LogP contribution in [-0.4, -0.2) is 30.8 Å². The molecule has 0 atom stereocenters. The normalized spacial score (nSPS) is 11.4. The molecule has 2 N–H and O–H groups in total. The van der Waals surface area contributed by atoms with Crippen LogP contribution in [0.4, 0.5) is 11.4 Å². The van der Waals surface area contributed by atoms with E-state index in [-0.39, 0.29) is 27.8 Å². The number of nitro benzene ring substituents is 1. The number of nitro groups is 1. The summed E-state index contributed by atoms with van der Waals surface area (Å²) in [7, 11) is -4.08. The third-order valence-corrected chi connectivity index (χ3v) is 6.33. The Morgan fingerprint density at radius 2 is 1.82 bits per heavy atom. The lowest BCUT2D eigenvalue weighted by molar-refractivity contribution is -0.385. The molecule has 0 fully saturated rings. The summed E-state index contributed by atoms with van der Waals surface area (Å²) in [5, 5.41) is 20.8. The molecule has 10 heteroatoms. The van der Waals surface area contributed by atoms with Crippen molar-refractivity contribution in [2.24, 2.45) is 0 Å². The van der Waals surface area contributed by atoms with Crippen molar-refractivity contribution < 1.29 is 28.0 Å². The number of sulfonamides is 1. The molecule has 0 radical (unpaired) electrons. The molecule has 0 aromatic heterocycles. The molecule has 34 heavy (non-hydrogen) atoms. The Hall–Kier alpha value is -4.18. The SMILES string of the molecule is CCOc1cc(/C=C/C(=O)c2ccc(NS(=O)(=O)c3cc([N+](=O)[O-])ccc3C)cc2)ccc1O. The first-order valence-corrected chi connectivity index (χ1v) is 11.6. The number of phenolic OH excluding ortho intramolecular Hbond substituents is 1. The van der Waals surface area contributed by atoms with Crippen molar-refractivity contribution in [2.45, 2.75) is 18.7 Å².